The molecule has 172 valence electrons. The number of hydrazone groups is 1. The molecule has 2 aromatic carbocycles. The van der Waals surface area contributed by atoms with Crippen LogP contribution < -0.4 is 25.0 Å². The van der Waals surface area contributed by atoms with Gasteiger partial charge in [-0.1, -0.05) is 29.3 Å². The van der Waals surface area contributed by atoms with E-state index in [0.717, 1.165) is 5.56 Å². The number of carbonyl (C=O) groups is 2. The molecule has 2 N–H and O–H groups in total. The second-order valence-corrected chi connectivity index (χ2v) is 7.56. The smallest absolute Gasteiger partial charge is 0.277 e. The van der Waals surface area contributed by atoms with Gasteiger partial charge in [0.05, 0.1) is 25.7 Å². The number of ether oxygens (including phenoxy) is 3. The van der Waals surface area contributed by atoms with Gasteiger partial charge in [-0.3, -0.25) is 9.59 Å². The van der Waals surface area contributed by atoms with E-state index < -0.39 is 5.91 Å². The number of nitrogens with zero attached hydrogens (tertiary/aromatic N) is 1. The van der Waals surface area contributed by atoms with Gasteiger partial charge in [0.25, 0.3) is 5.91 Å². The maximum absolute atomic E-state index is 12.1. The lowest BCUT2D eigenvalue weighted by atomic mass is 10.1. The van der Waals surface area contributed by atoms with E-state index in [1.807, 2.05) is 18.2 Å². The van der Waals surface area contributed by atoms with Gasteiger partial charge in [-0.05, 0) is 49.2 Å². The molecule has 2 aromatic rings. The number of amides is 2. The highest BCUT2D eigenvalue weighted by Crippen LogP contribution is 2.28. The number of rotatable bonds is 11. The van der Waals surface area contributed by atoms with Crippen molar-refractivity contribution in [3.05, 3.63) is 52.0 Å². The molecule has 0 aliphatic carbocycles. The van der Waals surface area contributed by atoms with Gasteiger partial charge in [0.1, 0.15) is 5.75 Å². The summed E-state index contributed by atoms with van der Waals surface area (Å²) >= 11 is 11.8. The number of carbonyl (C=O) groups excluding carboxylic acids is 2. The minimum absolute atomic E-state index is 0.0517. The third-order valence-corrected chi connectivity index (χ3v) is 4.75. The Labute approximate surface area is 196 Å². The molecule has 8 nitrogen and oxygen atoms in total. The minimum Gasteiger partial charge on any atom is -0.493 e. The monoisotopic (exact) mass is 481 g/mol. The molecule has 0 saturated carbocycles. The van der Waals surface area contributed by atoms with Gasteiger partial charge in [0.2, 0.25) is 5.91 Å². The lowest BCUT2D eigenvalue weighted by molar-refractivity contribution is -0.123. The van der Waals surface area contributed by atoms with Gasteiger partial charge in [0.15, 0.2) is 18.1 Å². The zero-order chi connectivity index (χ0) is 23.5. The van der Waals surface area contributed by atoms with E-state index in [1.165, 1.54) is 6.07 Å². The highest BCUT2D eigenvalue weighted by Gasteiger charge is 2.09. The number of hydrogen-bond acceptors (Lipinski definition) is 6. The maximum Gasteiger partial charge on any atom is 0.277 e. The summed E-state index contributed by atoms with van der Waals surface area (Å²) < 4.78 is 15.8. The van der Waals surface area contributed by atoms with E-state index in [9.17, 15) is 9.59 Å². The van der Waals surface area contributed by atoms with Crippen molar-refractivity contribution < 1.29 is 23.8 Å². The lowest BCUT2D eigenvalue weighted by Crippen LogP contribution is -2.29. The van der Waals surface area contributed by atoms with Crippen LogP contribution in [-0.4, -0.2) is 44.9 Å². The standard InChI is InChI=1S/C22H25Cl2N3O5/c1-14(26-27-22(29)13-32-18-7-5-16(23)12-17(18)24)10-21(28)25-9-8-15-4-6-19(30-2)20(11-15)31-3/h4-7,11-12H,8-10,13H2,1-3H3,(H,25,28)(H,27,29). The van der Waals surface area contributed by atoms with Crippen LogP contribution in [0.2, 0.25) is 10.0 Å². The Morgan fingerprint density at radius 3 is 2.38 bits per heavy atom. The number of halogens is 2. The van der Waals surface area contributed by atoms with Gasteiger partial charge in [0, 0.05) is 17.3 Å². The fourth-order valence-corrected chi connectivity index (χ4v) is 3.11. The molecule has 0 fully saturated rings. The molecule has 2 rings (SSSR count). The molecule has 0 spiro atoms. The fraction of sp³-hybridized carbons (Fsp3) is 0.318. The van der Waals surface area contributed by atoms with Crippen LogP contribution in [-0.2, 0) is 16.0 Å². The molecule has 0 aromatic heterocycles. The molecular weight excluding hydrogens is 457 g/mol. The Hall–Kier alpha value is -2.97. The van der Waals surface area contributed by atoms with Crippen LogP contribution in [0.25, 0.3) is 0 Å². The summed E-state index contributed by atoms with van der Waals surface area (Å²) in [5.74, 6) is 0.934. The summed E-state index contributed by atoms with van der Waals surface area (Å²) in [7, 11) is 3.15. The predicted molar refractivity (Wildman–Crippen MR) is 124 cm³/mol. The average Bonchev–Trinajstić information content (AvgIpc) is 2.76. The number of benzene rings is 2. The van der Waals surface area contributed by atoms with Crippen molar-refractivity contribution in [1.82, 2.24) is 10.7 Å². The van der Waals surface area contributed by atoms with E-state index in [0.29, 0.717) is 46.0 Å². The first-order valence-electron chi connectivity index (χ1n) is 9.69. The highest BCUT2D eigenvalue weighted by molar-refractivity contribution is 6.35. The number of methoxy groups -OCH3 is 2. The number of nitrogens with one attached hydrogen (secondary N) is 2. The lowest BCUT2D eigenvalue weighted by Gasteiger charge is -2.10. The summed E-state index contributed by atoms with van der Waals surface area (Å²) in [6.07, 6.45) is 0.680. The van der Waals surface area contributed by atoms with Crippen LogP contribution in [0.5, 0.6) is 17.2 Å². The van der Waals surface area contributed by atoms with Gasteiger partial charge < -0.3 is 19.5 Å². The molecule has 0 aliphatic rings. The normalized spacial score (nSPS) is 11.0. The Morgan fingerprint density at radius 2 is 1.69 bits per heavy atom. The third-order valence-electron chi connectivity index (χ3n) is 4.22. The first kappa shape index (κ1) is 25.3. The summed E-state index contributed by atoms with van der Waals surface area (Å²) in [4.78, 5) is 24.0. The first-order chi connectivity index (χ1) is 15.3. The Morgan fingerprint density at radius 1 is 0.969 bits per heavy atom. The molecule has 0 bridgehead atoms. The molecule has 0 saturated heterocycles. The van der Waals surface area contributed by atoms with Crippen molar-refractivity contribution in [1.29, 1.82) is 0 Å². The Kier molecular flexibility index (Phi) is 10.1. The van der Waals surface area contributed by atoms with Crippen molar-refractivity contribution in [2.24, 2.45) is 5.10 Å². The molecular formula is C22H25Cl2N3O5. The molecule has 0 aliphatic heterocycles. The van der Waals surface area contributed by atoms with Crippen LogP contribution in [0, 0.1) is 0 Å². The maximum atomic E-state index is 12.1. The van der Waals surface area contributed by atoms with Crippen molar-refractivity contribution in [3.8, 4) is 17.2 Å². The molecule has 0 atom stereocenters. The summed E-state index contributed by atoms with van der Waals surface area (Å²) in [6, 6.07) is 10.3. The first-order valence-corrected chi connectivity index (χ1v) is 10.5. The topological polar surface area (TPSA) is 98.2 Å². The van der Waals surface area contributed by atoms with E-state index in [4.69, 9.17) is 37.4 Å². The quantitative estimate of drug-likeness (QED) is 0.377. The molecule has 0 radical (unpaired) electrons. The summed E-state index contributed by atoms with van der Waals surface area (Å²) in [5, 5.41) is 7.50. The Balaban J connectivity index is 1.71. The van der Waals surface area contributed by atoms with E-state index in [1.54, 1.807) is 33.3 Å². The molecule has 0 unspecified atom stereocenters. The van der Waals surface area contributed by atoms with Crippen LogP contribution in [0.1, 0.15) is 18.9 Å². The van der Waals surface area contributed by atoms with Crippen molar-refractivity contribution in [3.63, 3.8) is 0 Å². The molecule has 10 heteroatoms. The zero-order valence-electron chi connectivity index (χ0n) is 18.0. The van der Waals surface area contributed by atoms with Crippen LogP contribution in [0.3, 0.4) is 0 Å². The van der Waals surface area contributed by atoms with E-state index >= 15 is 0 Å². The van der Waals surface area contributed by atoms with Crippen LogP contribution >= 0.6 is 23.2 Å². The van der Waals surface area contributed by atoms with E-state index in [2.05, 4.69) is 15.8 Å². The predicted octanol–water partition coefficient (Wildman–Crippen LogP) is 3.63. The summed E-state index contributed by atoms with van der Waals surface area (Å²) in [5.41, 5.74) is 3.80. The largest absolute Gasteiger partial charge is 0.493 e. The van der Waals surface area contributed by atoms with Crippen LogP contribution in [0.15, 0.2) is 41.5 Å². The Bertz CT molecular complexity index is 982. The van der Waals surface area contributed by atoms with E-state index in [-0.39, 0.29) is 18.9 Å². The van der Waals surface area contributed by atoms with Crippen molar-refractivity contribution in [2.75, 3.05) is 27.4 Å². The number of hydrogen-bond donors (Lipinski definition) is 2. The van der Waals surface area contributed by atoms with Gasteiger partial charge in [-0.15, -0.1) is 0 Å². The SMILES string of the molecule is COc1ccc(CCNC(=O)CC(C)=NNC(=O)COc2ccc(Cl)cc2Cl)cc1OC. The molecule has 32 heavy (non-hydrogen) atoms. The van der Waals surface area contributed by atoms with Crippen molar-refractivity contribution >= 4 is 40.7 Å². The second-order valence-electron chi connectivity index (χ2n) is 6.71. The fourth-order valence-electron chi connectivity index (χ4n) is 2.64. The van der Waals surface area contributed by atoms with Crippen LogP contribution in [0.4, 0.5) is 0 Å². The summed E-state index contributed by atoms with van der Waals surface area (Å²) in [6.45, 7) is 1.81. The molecule has 0 heterocycles. The van der Waals surface area contributed by atoms with Gasteiger partial charge in [-0.2, -0.15) is 5.10 Å². The highest BCUT2D eigenvalue weighted by atomic mass is 35.5. The third kappa shape index (κ3) is 8.28. The molecule has 2 amide bonds. The zero-order valence-corrected chi connectivity index (χ0v) is 19.5. The van der Waals surface area contributed by atoms with Gasteiger partial charge in [-0.25, -0.2) is 5.43 Å². The van der Waals surface area contributed by atoms with Crippen molar-refractivity contribution in [2.45, 2.75) is 19.8 Å². The minimum atomic E-state index is -0.482. The second kappa shape index (κ2) is 12.8. The average molecular weight is 482 g/mol. The van der Waals surface area contributed by atoms with Gasteiger partial charge >= 0.3 is 0 Å².